The molecule has 0 fully saturated rings. The third-order valence-corrected chi connectivity index (χ3v) is 5.14. The van der Waals surface area contributed by atoms with Crippen LogP contribution in [-0.2, 0) is 14.8 Å². The summed E-state index contributed by atoms with van der Waals surface area (Å²) in [5, 5.41) is -1.60. The fourth-order valence-corrected chi connectivity index (χ4v) is 3.73. The van der Waals surface area contributed by atoms with E-state index in [1.54, 1.807) is 0 Å². The van der Waals surface area contributed by atoms with Gasteiger partial charge in [-0.2, -0.15) is 14.3 Å². The van der Waals surface area contributed by atoms with E-state index in [2.05, 4.69) is 4.72 Å². The Morgan fingerprint density at radius 3 is 2.45 bits per heavy atom. The van der Waals surface area contributed by atoms with Crippen LogP contribution in [-0.4, -0.2) is 54.9 Å². The molecular formula is C13H15FN3O4S+. The molecule has 1 aliphatic rings. The van der Waals surface area contributed by atoms with E-state index in [9.17, 15) is 22.4 Å². The zero-order valence-electron chi connectivity index (χ0n) is 12.2. The average molecular weight is 328 g/mol. The largest absolute Gasteiger partial charge is 0.500 e. The second kappa shape index (κ2) is 5.48. The van der Waals surface area contributed by atoms with Crippen LogP contribution in [0, 0.1) is 5.82 Å². The van der Waals surface area contributed by atoms with Crippen molar-refractivity contribution in [3.8, 4) is 0 Å². The molecule has 22 heavy (non-hydrogen) atoms. The van der Waals surface area contributed by atoms with Gasteiger partial charge >= 0.3 is 11.9 Å². The number of hydrogen-bond acceptors (Lipinski definition) is 4. The summed E-state index contributed by atoms with van der Waals surface area (Å²) in [6.07, 6.45) is 0. The van der Waals surface area contributed by atoms with Gasteiger partial charge in [-0.3, -0.25) is 4.72 Å². The minimum atomic E-state index is -4.26. The molecule has 0 aliphatic carbocycles. The quantitative estimate of drug-likeness (QED) is 0.825. The van der Waals surface area contributed by atoms with Crippen molar-refractivity contribution in [3.05, 3.63) is 30.1 Å². The van der Waals surface area contributed by atoms with E-state index in [1.165, 1.54) is 39.2 Å². The maximum Gasteiger partial charge on any atom is 0.500 e. The molecule has 3 amide bonds. The summed E-state index contributed by atoms with van der Waals surface area (Å²) < 4.78 is 41.6. The van der Waals surface area contributed by atoms with E-state index in [4.69, 9.17) is 0 Å². The molecule has 0 radical (unpaired) electrons. The number of hydrogen-bond donors (Lipinski definition) is 1. The highest BCUT2D eigenvalue weighted by molar-refractivity contribution is 7.94. The first kappa shape index (κ1) is 16.1. The zero-order chi connectivity index (χ0) is 16.7. The molecule has 118 valence electrons. The number of nitrogens with zero attached hydrogens (tertiary/aromatic N) is 2. The minimum Gasteiger partial charge on any atom is -0.279 e. The van der Waals surface area contributed by atoms with Gasteiger partial charge in [-0.25, -0.2) is 17.6 Å². The Morgan fingerprint density at radius 2 is 1.86 bits per heavy atom. The SMILES string of the molecule is CC1=[N+](C)C(=O)N(C)C(=O)C1S(=O)(=O)Nc1ccccc1F. The molecular weight excluding hydrogens is 313 g/mol. The van der Waals surface area contributed by atoms with Gasteiger partial charge in [0.05, 0.1) is 19.8 Å². The van der Waals surface area contributed by atoms with E-state index in [0.717, 1.165) is 15.5 Å². The number of carbonyl (C=O) groups excluding carboxylic acids is 2. The normalized spacial score (nSPS) is 19.6. The number of nitrogens with one attached hydrogen (secondary N) is 1. The van der Waals surface area contributed by atoms with Crippen molar-refractivity contribution < 1.29 is 27.0 Å². The number of amides is 3. The number of carbonyl (C=O) groups is 2. The fourth-order valence-electron chi connectivity index (χ4n) is 2.11. The molecule has 7 nitrogen and oxygen atoms in total. The molecule has 1 N–H and O–H groups in total. The molecule has 9 heteroatoms. The molecule has 0 aromatic heterocycles. The van der Waals surface area contributed by atoms with Crippen LogP contribution in [0.2, 0.25) is 0 Å². The predicted octanol–water partition coefficient (Wildman–Crippen LogP) is 0.631. The summed E-state index contributed by atoms with van der Waals surface area (Å²) in [5.74, 6) is -1.64. The van der Waals surface area contributed by atoms with E-state index < -0.39 is 33.0 Å². The zero-order valence-corrected chi connectivity index (χ0v) is 13.0. The van der Waals surface area contributed by atoms with Gasteiger partial charge in [0.15, 0.2) is 0 Å². The second-order valence-electron chi connectivity index (χ2n) is 4.89. The van der Waals surface area contributed by atoms with Crippen molar-refractivity contribution in [2.45, 2.75) is 12.2 Å². The standard InChI is InChI=1S/C13H15FN3O4S/c1-8-11(12(18)17(3)13(19)16(8)2)22(20,21)15-10-7-5-4-6-9(10)14/h4-7,11,15H,1-3H3/q+1. The Balaban J connectivity index is 2.47. The topological polar surface area (TPSA) is 86.6 Å². The smallest absolute Gasteiger partial charge is 0.279 e. The first-order chi connectivity index (χ1) is 10.2. The van der Waals surface area contributed by atoms with Crippen LogP contribution in [0.5, 0.6) is 0 Å². The lowest BCUT2D eigenvalue weighted by Crippen LogP contribution is -2.57. The Bertz CT molecular complexity index is 788. The molecule has 0 saturated heterocycles. The molecule has 0 spiro atoms. The highest BCUT2D eigenvalue weighted by atomic mass is 32.2. The highest BCUT2D eigenvalue weighted by Gasteiger charge is 2.50. The summed E-state index contributed by atoms with van der Waals surface area (Å²) in [4.78, 5) is 24.6. The first-order valence-corrected chi connectivity index (χ1v) is 7.86. The third kappa shape index (κ3) is 2.59. The van der Waals surface area contributed by atoms with Crippen LogP contribution in [0.1, 0.15) is 6.92 Å². The molecule has 1 unspecified atom stereocenters. The van der Waals surface area contributed by atoms with Crippen molar-refractivity contribution >= 4 is 33.4 Å². The molecule has 1 aromatic rings. The highest BCUT2D eigenvalue weighted by Crippen LogP contribution is 2.19. The van der Waals surface area contributed by atoms with Crippen LogP contribution in [0.25, 0.3) is 0 Å². The summed E-state index contributed by atoms with van der Waals surface area (Å²) in [7, 11) is -1.70. The Hall–Kier alpha value is -2.29. The van der Waals surface area contributed by atoms with Crippen molar-refractivity contribution in [2.24, 2.45) is 0 Å². The summed E-state index contributed by atoms with van der Waals surface area (Å²) >= 11 is 0. The maximum absolute atomic E-state index is 13.6. The molecule has 0 bridgehead atoms. The first-order valence-electron chi connectivity index (χ1n) is 6.31. The Labute approximate surface area is 127 Å². The van der Waals surface area contributed by atoms with Crippen molar-refractivity contribution in [2.75, 3.05) is 18.8 Å². The predicted molar refractivity (Wildman–Crippen MR) is 77.8 cm³/mol. The number of urea groups is 1. The number of rotatable bonds is 3. The number of benzene rings is 1. The van der Waals surface area contributed by atoms with Crippen molar-refractivity contribution in [1.82, 2.24) is 4.90 Å². The van der Waals surface area contributed by atoms with E-state index in [0.29, 0.717) is 0 Å². The monoisotopic (exact) mass is 328 g/mol. The van der Waals surface area contributed by atoms with Crippen LogP contribution in [0.3, 0.4) is 0 Å². The van der Waals surface area contributed by atoms with Gasteiger partial charge < -0.3 is 0 Å². The van der Waals surface area contributed by atoms with Crippen molar-refractivity contribution in [3.63, 3.8) is 0 Å². The molecule has 2 rings (SSSR count). The van der Waals surface area contributed by atoms with Crippen LogP contribution >= 0.6 is 0 Å². The molecule has 0 saturated carbocycles. The number of para-hydroxylation sites is 1. The third-order valence-electron chi connectivity index (χ3n) is 3.47. The summed E-state index contributed by atoms with van der Waals surface area (Å²) in [6, 6.07) is 4.59. The lowest BCUT2D eigenvalue weighted by Gasteiger charge is -2.23. The van der Waals surface area contributed by atoms with Gasteiger partial charge in [-0.05, 0) is 19.1 Å². The lowest BCUT2D eigenvalue weighted by atomic mass is 10.2. The van der Waals surface area contributed by atoms with Gasteiger partial charge in [-0.15, -0.1) is 0 Å². The Kier molecular flexibility index (Phi) is 4.01. The summed E-state index contributed by atoms with van der Waals surface area (Å²) in [5.41, 5.74) is -0.206. The minimum absolute atomic E-state index is 0.0527. The van der Waals surface area contributed by atoms with Crippen LogP contribution in [0.15, 0.2) is 24.3 Å². The molecule has 1 heterocycles. The number of imide groups is 1. The number of sulfonamides is 1. The van der Waals surface area contributed by atoms with E-state index in [-0.39, 0.29) is 11.4 Å². The van der Waals surface area contributed by atoms with Crippen LogP contribution < -0.4 is 4.72 Å². The van der Waals surface area contributed by atoms with E-state index in [1.807, 2.05) is 0 Å². The lowest BCUT2D eigenvalue weighted by molar-refractivity contribution is -0.405. The van der Waals surface area contributed by atoms with Crippen LogP contribution in [0.4, 0.5) is 14.9 Å². The number of halogens is 1. The van der Waals surface area contributed by atoms with Gasteiger partial charge in [0, 0.05) is 0 Å². The Morgan fingerprint density at radius 1 is 1.27 bits per heavy atom. The van der Waals surface area contributed by atoms with E-state index >= 15 is 0 Å². The fraction of sp³-hybridized carbons (Fsp3) is 0.308. The maximum atomic E-state index is 13.6. The van der Waals surface area contributed by atoms with Gasteiger partial charge in [0.1, 0.15) is 11.5 Å². The second-order valence-corrected chi connectivity index (χ2v) is 6.65. The van der Waals surface area contributed by atoms with Crippen molar-refractivity contribution in [1.29, 1.82) is 0 Å². The molecule has 1 atom stereocenters. The van der Waals surface area contributed by atoms with Gasteiger partial charge in [0.25, 0.3) is 10.0 Å². The van der Waals surface area contributed by atoms with Gasteiger partial charge in [-0.1, -0.05) is 12.1 Å². The number of anilines is 1. The van der Waals surface area contributed by atoms with Gasteiger partial charge in [0.2, 0.25) is 5.25 Å². The molecule has 1 aliphatic heterocycles. The molecule has 1 aromatic carbocycles. The average Bonchev–Trinajstić information content (AvgIpc) is 2.45. The summed E-state index contributed by atoms with van der Waals surface area (Å²) in [6.45, 7) is 1.37.